The Bertz CT molecular complexity index is 789. The fourth-order valence-electron chi connectivity index (χ4n) is 2.80. The maximum atomic E-state index is 5.97. The summed E-state index contributed by atoms with van der Waals surface area (Å²) in [5.41, 5.74) is 4.07. The van der Waals surface area contributed by atoms with Gasteiger partial charge in [-0.05, 0) is 23.8 Å². The summed E-state index contributed by atoms with van der Waals surface area (Å²) in [7, 11) is 0. The largest absolute Gasteiger partial charge is 0.369 e. The molecule has 24 heavy (non-hydrogen) atoms. The Morgan fingerprint density at radius 3 is 2.92 bits per heavy atom. The van der Waals surface area contributed by atoms with Crippen molar-refractivity contribution < 1.29 is 4.74 Å². The van der Waals surface area contributed by atoms with Crippen LogP contribution in [-0.2, 0) is 24.4 Å². The smallest absolute Gasteiger partial charge is 0.118 e. The molecule has 3 aromatic heterocycles. The number of nitrogens with one attached hydrogen (secondary N) is 1. The predicted octanol–water partition coefficient (Wildman–Crippen LogP) is 1.42. The van der Waals surface area contributed by atoms with E-state index >= 15 is 0 Å². The van der Waals surface area contributed by atoms with Crippen molar-refractivity contribution in [3.05, 3.63) is 60.3 Å². The maximum Gasteiger partial charge on any atom is 0.118 e. The summed E-state index contributed by atoms with van der Waals surface area (Å²) in [5.74, 6) is 0. The van der Waals surface area contributed by atoms with Gasteiger partial charge in [-0.15, -0.1) is 5.10 Å². The van der Waals surface area contributed by atoms with Crippen LogP contribution >= 0.6 is 0 Å². The lowest BCUT2D eigenvalue weighted by Crippen LogP contribution is -2.36. The van der Waals surface area contributed by atoms with Gasteiger partial charge in [0.2, 0.25) is 0 Å². The Morgan fingerprint density at radius 2 is 2.08 bits per heavy atom. The molecule has 1 aliphatic heterocycles. The van der Waals surface area contributed by atoms with E-state index in [1.54, 1.807) is 18.6 Å². The van der Waals surface area contributed by atoms with E-state index in [0.717, 1.165) is 35.6 Å². The Morgan fingerprint density at radius 1 is 1.17 bits per heavy atom. The minimum absolute atomic E-state index is 0.0844. The number of hydrogen-bond acceptors (Lipinski definition) is 6. The molecule has 4 rings (SSSR count). The second kappa shape index (κ2) is 6.86. The molecule has 7 nitrogen and oxygen atoms in total. The minimum Gasteiger partial charge on any atom is -0.369 e. The fourth-order valence-corrected chi connectivity index (χ4v) is 2.80. The molecule has 3 aromatic rings. The van der Waals surface area contributed by atoms with Gasteiger partial charge in [0.25, 0.3) is 0 Å². The molecule has 0 aromatic carbocycles. The number of ether oxygens (including phenoxy) is 1. The van der Waals surface area contributed by atoms with Crippen molar-refractivity contribution in [2.24, 2.45) is 0 Å². The number of hydrogen-bond donors (Lipinski definition) is 1. The lowest BCUT2D eigenvalue weighted by molar-refractivity contribution is 0.00125. The molecule has 0 fully saturated rings. The molecule has 0 radical (unpaired) electrons. The van der Waals surface area contributed by atoms with E-state index in [4.69, 9.17) is 4.74 Å². The zero-order valence-electron chi connectivity index (χ0n) is 13.2. The highest BCUT2D eigenvalue weighted by molar-refractivity contribution is 5.60. The zero-order valence-corrected chi connectivity index (χ0v) is 13.2. The van der Waals surface area contributed by atoms with Gasteiger partial charge in [-0.2, -0.15) is 0 Å². The van der Waals surface area contributed by atoms with Gasteiger partial charge in [-0.25, -0.2) is 4.68 Å². The number of rotatable bonds is 5. The van der Waals surface area contributed by atoms with E-state index in [1.807, 2.05) is 29.1 Å². The highest BCUT2D eigenvalue weighted by Gasteiger charge is 2.24. The summed E-state index contributed by atoms with van der Waals surface area (Å²) < 4.78 is 7.91. The van der Waals surface area contributed by atoms with E-state index in [9.17, 15) is 0 Å². The molecule has 0 saturated heterocycles. The first kappa shape index (κ1) is 14.9. The highest BCUT2D eigenvalue weighted by atomic mass is 16.5. The van der Waals surface area contributed by atoms with Crippen LogP contribution in [0.5, 0.6) is 0 Å². The lowest BCUT2D eigenvalue weighted by Gasteiger charge is -2.24. The Balaban J connectivity index is 1.37. The van der Waals surface area contributed by atoms with Crippen molar-refractivity contribution in [2.75, 3.05) is 6.54 Å². The van der Waals surface area contributed by atoms with E-state index in [2.05, 4.69) is 31.7 Å². The van der Waals surface area contributed by atoms with E-state index in [1.165, 1.54) is 0 Å². The zero-order chi connectivity index (χ0) is 16.2. The second-order valence-corrected chi connectivity index (χ2v) is 5.73. The summed E-state index contributed by atoms with van der Waals surface area (Å²) in [6.07, 6.45) is 7.25. The Hall–Kier alpha value is -2.64. The summed E-state index contributed by atoms with van der Waals surface area (Å²) >= 11 is 0. The lowest BCUT2D eigenvalue weighted by atomic mass is 10.1. The van der Waals surface area contributed by atoms with Crippen LogP contribution in [0.3, 0.4) is 0 Å². The third-order valence-electron chi connectivity index (χ3n) is 4.05. The topological polar surface area (TPSA) is 77.8 Å². The average Bonchev–Trinajstić information content (AvgIpc) is 3.07. The second-order valence-electron chi connectivity index (χ2n) is 5.73. The summed E-state index contributed by atoms with van der Waals surface area (Å²) in [6, 6.07) is 7.87. The molecular formula is C17H18N6O. The van der Waals surface area contributed by atoms with Gasteiger partial charge >= 0.3 is 0 Å². The number of aromatic nitrogens is 5. The van der Waals surface area contributed by atoms with Crippen LogP contribution in [0, 0.1) is 0 Å². The highest BCUT2D eigenvalue weighted by Crippen LogP contribution is 2.24. The molecule has 1 N–H and O–H groups in total. The molecule has 0 saturated carbocycles. The molecule has 1 aliphatic rings. The van der Waals surface area contributed by atoms with Gasteiger partial charge in [0.1, 0.15) is 5.69 Å². The first-order valence-electron chi connectivity index (χ1n) is 7.94. The van der Waals surface area contributed by atoms with Gasteiger partial charge in [0, 0.05) is 43.4 Å². The van der Waals surface area contributed by atoms with Crippen molar-refractivity contribution in [3.8, 4) is 11.3 Å². The Kier molecular flexibility index (Phi) is 4.26. The fraction of sp³-hybridized carbons (Fsp3) is 0.294. The molecule has 0 amide bonds. The van der Waals surface area contributed by atoms with E-state index in [0.29, 0.717) is 13.2 Å². The van der Waals surface area contributed by atoms with Gasteiger partial charge in [-0.1, -0.05) is 11.3 Å². The molecule has 0 bridgehead atoms. The van der Waals surface area contributed by atoms with E-state index in [-0.39, 0.29) is 6.10 Å². The maximum absolute atomic E-state index is 5.97. The Labute approximate surface area is 139 Å². The van der Waals surface area contributed by atoms with Gasteiger partial charge in [-0.3, -0.25) is 9.97 Å². The molecule has 0 unspecified atom stereocenters. The van der Waals surface area contributed by atoms with Crippen molar-refractivity contribution in [2.45, 2.75) is 25.8 Å². The molecule has 122 valence electrons. The average molecular weight is 322 g/mol. The first-order chi connectivity index (χ1) is 11.9. The standard InChI is InChI=1S/C17H18N6O/c1-2-13(8-19-5-1)9-20-10-15-11-23-16(12-24-15)17(21-22-23)14-3-6-18-7-4-14/h1-8,15,20H,9-12H2/t15-/m1/s1. The van der Waals surface area contributed by atoms with Crippen molar-refractivity contribution >= 4 is 0 Å². The van der Waals surface area contributed by atoms with Crippen LogP contribution in [0.4, 0.5) is 0 Å². The molecule has 7 heteroatoms. The predicted molar refractivity (Wildman–Crippen MR) is 87.8 cm³/mol. The van der Waals surface area contributed by atoms with Crippen molar-refractivity contribution in [3.63, 3.8) is 0 Å². The van der Waals surface area contributed by atoms with Crippen molar-refractivity contribution in [1.29, 1.82) is 0 Å². The van der Waals surface area contributed by atoms with Gasteiger partial charge in [0.15, 0.2) is 0 Å². The molecule has 1 atom stereocenters. The quantitative estimate of drug-likeness (QED) is 0.765. The minimum atomic E-state index is 0.0844. The number of fused-ring (bicyclic) bond motifs is 1. The monoisotopic (exact) mass is 322 g/mol. The summed E-state index contributed by atoms with van der Waals surface area (Å²) in [6.45, 7) is 2.76. The third kappa shape index (κ3) is 3.17. The molecule has 0 aliphatic carbocycles. The van der Waals surface area contributed by atoms with Crippen LogP contribution < -0.4 is 5.32 Å². The molecular weight excluding hydrogens is 304 g/mol. The normalized spacial score (nSPS) is 16.8. The summed E-state index contributed by atoms with van der Waals surface area (Å²) in [4.78, 5) is 8.15. The van der Waals surface area contributed by atoms with Crippen LogP contribution in [0.2, 0.25) is 0 Å². The number of pyridine rings is 2. The number of nitrogens with zero attached hydrogens (tertiary/aromatic N) is 5. The van der Waals surface area contributed by atoms with Crippen LogP contribution in [0.25, 0.3) is 11.3 Å². The molecule has 0 spiro atoms. The van der Waals surface area contributed by atoms with E-state index < -0.39 is 0 Å². The SMILES string of the molecule is c1cncc(CNC[C@@H]2Cn3nnc(-c4ccncc4)c3CO2)c1. The van der Waals surface area contributed by atoms with Gasteiger partial charge in [0.05, 0.1) is 24.9 Å². The first-order valence-corrected chi connectivity index (χ1v) is 7.94. The van der Waals surface area contributed by atoms with Crippen LogP contribution in [0.15, 0.2) is 49.1 Å². The molecule has 4 heterocycles. The van der Waals surface area contributed by atoms with Crippen molar-refractivity contribution in [1.82, 2.24) is 30.3 Å². The summed E-state index contributed by atoms with van der Waals surface area (Å²) in [5, 5.41) is 12.0. The van der Waals surface area contributed by atoms with Gasteiger partial charge < -0.3 is 10.1 Å². The third-order valence-corrected chi connectivity index (χ3v) is 4.05. The van der Waals surface area contributed by atoms with Crippen LogP contribution in [-0.4, -0.2) is 37.6 Å². The van der Waals surface area contributed by atoms with Crippen LogP contribution in [0.1, 0.15) is 11.3 Å².